The molecule has 2 saturated heterocycles. The molecule has 1 amide bonds. The van der Waals surface area contributed by atoms with E-state index in [0.29, 0.717) is 10.5 Å². The number of fused-ring (bicyclic) bond motifs is 1. The van der Waals surface area contributed by atoms with Crippen molar-refractivity contribution in [3.8, 4) is 0 Å². The number of carbonyl (C=O) groups excluding carboxylic acids is 1. The first-order valence-electron chi connectivity index (χ1n) is 5.41. The van der Waals surface area contributed by atoms with E-state index in [2.05, 4.69) is 18.5 Å². The normalized spacial score (nSPS) is 34.9. The molecule has 0 radical (unpaired) electrons. The number of hydrogen-bond acceptors (Lipinski definition) is 2. The van der Waals surface area contributed by atoms with Crippen LogP contribution in [-0.4, -0.2) is 54.6 Å². The van der Waals surface area contributed by atoms with Crippen LogP contribution < -0.4 is 0 Å². The second kappa shape index (κ2) is 4.24. The molecule has 0 aromatic rings. The zero-order chi connectivity index (χ0) is 10.8. The van der Waals surface area contributed by atoms with Crippen molar-refractivity contribution in [3.05, 3.63) is 12.7 Å². The predicted molar refractivity (Wildman–Crippen MR) is 57.8 cm³/mol. The highest BCUT2D eigenvalue weighted by molar-refractivity contribution is 5.82. The third-order valence-corrected chi connectivity index (χ3v) is 3.12. The van der Waals surface area contributed by atoms with Crippen molar-refractivity contribution in [3.63, 3.8) is 0 Å². The van der Waals surface area contributed by atoms with Crippen LogP contribution in [0.1, 0.15) is 13.8 Å². The number of hydrogen-bond donors (Lipinski definition) is 0. The quantitative estimate of drug-likeness (QED) is 0.353. The summed E-state index contributed by atoms with van der Waals surface area (Å²) in [4.78, 5) is 13.8. The van der Waals surface area contributed by atoms with Gasteiger partial charge in [0.15, 0.2) is 6.04 Å². The van der Waals surface area contributed by atoms with Crippen molar-refractivity contribution in [2.45, 2.75) is 19.9 Å². The molecule has 14 heavy (non-hydrogen) atoms. The first kappa shape index (κ1) is 11.4. The number of likely N-dealkylation sites (N-methyl/N-ethyl adjacent to an activating group) is 1. The molecule has 2 aliphatic heterocycles. The fourth-order valence-electron chi connectivity index (χ4n) is 2.18. The molecule has 0 aromatic carbocycles. The lowest BCUT2D eigenvalue weighted by Gasteiger charge is -2.26. The molecule has 2 fully saturated rings. The number of carbonyl (C=O) groups is 1. The third-order valence-electron chi connectivity index (χ3n) is 3.12. The molecule has 3 heteroatoms. The molecule has 2 aliphatic rings. The minimum absolute atomic E-state index is 0.216. The maximum atomic E-state index is 11.5. The van der Waals surface area contributed by atoms with E-state index >= 15 is 0 Å². The highest BCUT2D eigenvalue weighted by Crippen LogP contribution is 2.34. The Kier molecular flexibility index (Phi) is 3.45. The summed E-state index contributed by atoms with van der Waals surface area (Å²) in [6, 6.07) is 0.564. The van der Waals surface area contributed by atoms with Crippen LogP contribution in [0.3, 0.4) is 0 Å². The van der Waals surface area contributed by atoms with Gasteiger partial charge in [-0.2, -0.15) is 0 Å². The van der Waals surface area contributed by atoms with Gasteiger partial charge >= 0.3 is 5.91 Å². The molecule has 0 aromatic heterocycles. The van der Waals surface area contributed by atoms with Crippen LogP contribution in [0.5, 0.6) is 0 Å². The predicted octanol–water partition coefficient (Wildman–Crippen LogP) is 0.870. The summed E-state index contributed by atoms with van der Waals surface area (Å²) < 4.78 is 0.688. The summed E-state index contributed by atoms with van der Waals surface area (Å²) in [7, 11) is 2.12. The lowest BCUT2D eigenvalue weighted by molar-refractivity contribution is -0.736. The van der Waals surface area contributed by atoms with Gasteiger partial charge < -0.3 is 0 Å². The number of quaternary nitrogens is 1. The molecule has 0 saturated carbocycles. The van der Waals surface area contributed by atoms with Gasteiger partial charge in [0.05, 0.1) is 13.1 Å². The second-order valence-corrected chi connectivity index (χ2v) is 3.90. The summed E-state index contributed by atoms with van der Waals surface area (Å²) in [5, 5.41) is 0. The molecule has 2 unspecified atom stereocenters. The zero-order valence-electron chi connectivity index (χ0n) is 9.49. The second-order valence-electron chi connectivity index (χ2n) is 3.90. The van der Waals surface area contributed by atoms with Gasteiger partial charge in [-0.3, -0.25) is 4.90 Å². The Morgan fingerprint density at radius 2 is 2.21 bits per heavy atom. The van der Waals surface area contributed by atoms with Gasteiger partial charge in [0.25, 0.3) is 0 Å². The van der Waals surface area contributed by atoms with Crippen LogP contribution in [0.15, 0.2) is 12.7 Å². The summed E-state index contributed by atoms with van der Waals surface area (Å²) >= 11 is 0. The Morgan fingerprint density at radius 1 is 1.57 bits per heavy atom. The molecule has 2 rings (SSSR count). The SMILES string of the molecule is C=CC(=O)[N+]12CCN(C)CC1C2.CC. The van der Waals surface area contributed by atoms with E-state index in [1.54, 1.807) is 0 Å². The van der Waals surface area contributed by atoms with Gasteiger partial charge in [-0.1, -0.05) is 20.4 Å². The number of rotatable bonds is 1. The van der Waals surface area contributed by atoms with E-state index in [4.69, 9.17) is 0 Å². The monoisotopic (exact) mass is 197 g/mol. The fraction of sp³-hybridized carbons (Fsp3) is 0.727. The van der Waals surface area contributed by atoms with Crippen LogP contribution in [0.25, 0.3) is 0 Å². The number of nitrogens with zero attached hydrogens (tertiary/aromatic N) is 2. The molecule has 2 heterocycles. The van der Waals surface area contributed by atoms with Gasteiger partial charge in [0.1, 0.15) is 6.54 Å². The molecule has 0 aliphatic carbocycles. The molecule has 0 N–H and O–H groups in total. The molecular formula is C11H21N2O+. The first-order chi connectivity index (χ1) is 6.69. The molecule has 0 spiro atoms. The van der Waals surface area contributed by atoms with Crippen LogP contribution >= 0.6 is 0 Å². The van der Waals surface area contributed by atoms with Crippen molar-refractivity contribution in [2.24, 2.45) is 0 Å². The highest BCUT2D eigenvalue weighted by Gasteiger charge is 2.61. The topological polar surface area (TPSA) is 20.3 Å². The summed E-state index contributed by atoms with van der Waals surface area (Å²) in [5.41, 5.74) is 0. The molecular weight excluding hydrogens is 176 g/mol. The average molecular weight is 197 g/mol. The van der Waals surface area contributed by atoms with E-state index in [0.717, 1.165) is 26.2 Å². The van der Waals surface area contributed by atoms with Gasteiger partial charge in [0, 0.05) is 12.6 Å². The van der Waals surface area contributed by atoms with E-state index < -0.39 is 0 Å². The Morgan fingerprint density at radius 3 is 2.71 bits per heavy atom. The van der Waals surface area contributed by atoms with Crippen LogP contribution in [0.4, 0.5) is 0 Å². The van der Waals surface area contributed by atoms with Crippen molar-refractivity contribution >= 4 is 5.91 Å². The van der Waals surface area contributed by atoms with Gasteiger partial charge in [-0.15, -0.1) is 0 Å². The van der Waals surface area contributed by atoms with Crippen molar-refractivity contribution < 1.29 is 9.28 Å². The van der Waals surface area contributed by atoms with E-state index in [1.165, 1.54) is 6.08 Å². The lowest BCUT2D eigenvalue weighted by atomic mass is 10.3. The van der Waals surface area contributed by atoms with E-state index in [-0.39, 0.29) is 5.91 Å². The Hall–Kier alpha value is -0.670. The van der Waals surface area contributed by atoms with E-state index in [9.17, 15) is 4.79 Å². The Labute approximate surface area is 86.6 Å². The van der Waals surface area contributed by atoms with Gasteiger partial charge in [-0.05, 0) is 7.05 Å². The Balaban J connectivity index is 0.000000461. The fourth-order valence-corrected chi connectivity index (χ4v) is 2.18. The third kappa shape index (κ3) is 1.74. The minimum Gasteiger partial charge on any atom is -0.295 e. The van der Waals surface area contributed by atoms with Crippen LogP contribution in [-0.2, 0) is 4.79 Å². The molecule has 3 nitrogen and oxygen atoms in total. The summed E-state index contributed by atoms with van der Waals surface area (Å²) in [6.07, 6.45) is 1.48. The van der Waals surface area contributed by atoms with Crippen molar-refractivity contribution in [1.29, 1.82) is 0 Å². The van der Waals surface area contributed by atoms with E-state index in [1.807, 2.05) is 13.8 Å². The first-order valence-corrected chi connectivity index (χ1v) is 5.41. The van der Waals surface area contributed by atoms with Gasteiger partial charge in [0.2, 0.25) is 0 Å². The van der Waals surface area contributed by atoms with Crippen LogP contribution in [0.2, 0.25) is 0 Å². The maximum absolute atomic E-state index is 11.5. The zero-order valence-corrected chi connectivity index (χ0v) is 9.49. The standard InChI is InChI=1S/C9H15N2O.C2H6/c1-3-9(12)11-5-4-10(2)6-8(11)7-11;1-2/h3,8H,1,4-7H2,2H3;1-2H3/q+1;. The minimum atomic E-state index is 0.216. The average Bonchev–Trinajstić information content (AvgIpc) is 2.94. The largest absolute Gasteiger partial charge is 0.338 e. The van der Waals surface area contributed by atoms with Gasteiger partial charge in [-0.25, -0.2) is 9.28 Å². The highest BCUT2D eigenvalue weighted by atomic mass is 16.2. The van der Waals surface area contributed by atoms with Crippen molar-refractivity contribution in [2.75, 3.05) is 33.2 Å². The smallest absolute Gasteiger partial charge is 0.295 e. The summed E-state index contributed by atoms with van der Waals surface area (Å²) in [6.45, 7) is 11.7. The number of piperazine rings is 1. The molecule has 2 atom stereocenters. The lowest BCUT2D eigenvalue weighted by Crippen LogP contribution is -2.48. The number of amides is 1. The van der Waals surface area contributed by atoms with Crippen LogP contribution in [0, 0.1) is 0 Å². The maximum Gasteiger partial charge on any atom is 0.338 e. The molecule has 0 bridgehead atoms. The molecule has 80 valence electrons. The van der Waals surface area contributed by atoms with Crippen molar-refractivity contribution in [1.82, 2.24) is 4.90 Å². The Bertz CT molecular complexity index is 239. The summed E-state index contributed by atoms with van der Waals surface area (Å²) in [5.74, 6) is 0.216.